The van der Waals surface area contributed by atoms with Crippen LogP contribution in [0.1, 0.15) is 39.0 Å². The summed E-state index contributed by atoms with van der Waals surface area (Å²) in [7, 11) is 1.62. The van der Waals surface area contributed by atoms with Crippen LogP contribution < -0.4 is 20.1 Å². The Balaban J connectivity index is 1.28. The lowest BCUT2D eigenvalue weighted by Gasteiger charge is -2.31. The Labute approximate surface area is 207 Å². The van der Waals surface area contributed by atoms with Gasteiger partial charge in [0.05, 0.1) is 19.9 Å². The summed E-state index contributed by atoms with van der Waals surface area (Å²) in [4.78, 5) is 29.0. The van der Waals surface area contributed by atoms with Crippen molar-refractivity contribution in [2.24, 2.45) is 5.92 Å². The van der Waals surface area contributed by atoms with Crippen LogP contribution in [0.2, 0.25) is 0 Å². The zero-order valence-electron chi connectivity index (χ0n) is 20.8. The molecule has 0 unspecified atom stereocenters. The lowest BCUT2D eigenvalue weighted by atomic mass is 9.97. The van der Waals surface area contributed by atoms with E-state index in [-0.39, 0.29) is 5.91 Å². The number of carbonyl (C=O) groups excluding carboxylic acids is 1. The van der Waals surface area contributed by atoms with Gasteiger partial charge in [0, 0.05) is 45.2 Å². The maximum Gasteiger partial charge on any atom is 0.219 e. The van der Waals surface area contributed by atoms with Gasteiger partial charge in [-0.2, -0.15) is 0 Å². The van der Waals surface area contributed by atoms with Crippen molar-refractivity contribution < 1.29 is 14.3 Å². The molecule has 0 aliphatic carbocycles. The molecule has 10 nitrogen and oxygen atoms in total. The molecule has 4 rings (SSSR count). The number of aromatic nitrogens is 3. The van der Waals surface area contributed by atoms with E-state index >= 15 is 0 Å². The van der Waals surface area contributed by atoms with E-state index in [1.54, 1.807) is 20.2 Å². The summed E-state index contributed by atoms with van der Waals surface area (Å²) in [6.07, 6.45) is 8.76. The van der Waals surface area contributed by atoms with Crippen molar-refractivity contribution in [2.75, 3.05) is 63.6 Å². The molecule has 4 heterocycles. The fourth-order valence-electron chi connectivity index (χ4n) is 4.59. The van der Waals surface area contributed by atoms with E-state index in [1.165, 1.54) is 32.3 Å². The molecule has 0 aromatic carbocycles. The van der Waals surface area contributed by atoms with Crippen molar-refractivity contribution in [1.29, 1.82) is 0 Å². The number of likely N-dealkylation sites (tertiary alicyclic amines) is 2. The van der Waals surface area contributed by atoms with E-state index in [4.69, 9.17) is 9.47 Å². The highest BCUT2D eigenvalue weighted by Gasteiger charge is 2.20. The molecule has 2 aromatic heterocycles. The normalized spacial score (nSPS) is 16.8. The molecular formula is C25H37N7O3. The maximum atomic E-state index is 11.5. The highest BCUT2D eigenvalue weighted by molar-refractivity contribution is 5.73. The Morgan fingerprint density at radius 3 is 2.51 bits per heavy atom. The van der Waals surface area contributed by atoms with Crippen LogP contribution in [0.3, 0.4) is 0 Å². The SMILES string of the molecule is COc1cnc(Nc2cc(NCC3CCN(C(C)=O)CC3)ncn2)cc1OCCCN1CCCC1. The summed E-state index contributed by atoms with van der Waals surface area (Å²) < 4.78 is 11.4. The van der Waals surface area contributed by atoms with Gasteiger partial charge in [-0.25, -0.2) is 15.0 Å². The van der Waals surface area contributed by atoms with Gasteiger partial charge in [0.2, 0.25) is 5.91 Å². The minimum Gasteiger partial charge on any atom is -0.491 e. The van der Waals surface area contributed by atoms with Crippen molar-refractivity contribution in [3.05, 3.63) is 24.7 Å². The van der Waals surface area contributed by atoms with Gasteiger partial charge in [-0.15, -0.1) is 0 Å². The largest absolute Gasteiger partial charge is 0.491 e. The Morgan fingerprint density at radius 1 is 1.03 bits per heavy atom. The molecule has 35 heavy (non-hydrogen) atoms. The molecule has 2 aliphatic heterocycles. The molecule has 2 saturated heterocycles. The monoisotopic (exact) mass is 483 g/mol. The summed E-state index contributed by atoms with van der Waals surface area (Å²) in [6.45, 7) is 8.18. The van der Waals surface area contributed by atoms with Crippen molar-refractivity contribution in [3.63, 3.8) is 0 Å². The third-order valence-corrected chi connectivity index (χ3v) is 6.68. The van der Waals surface area contributed by atoms with Gasteiger partial charge in [0.25, 0.3) is 0 Å². The molecule has 2 aliphatic rings. The van der Waals surface area contributed by atoms with Crippen LogP contribution in [0.25, 0.3) is 0 Å². The van der Waals surface area contributed by atoms with Gasteiger partial charge < -0.3 is 29.9 Å². The number of nitrogens with zero attached hydrogens (tertiary/aromatic N) is 5. The third kappa shape index (κ3) is 7.42. The van der Waals surface area contributed by atoms with Crippen LogP contribution in [0, 0.1) is 5.92 Å². The molecule has 1 amide bonds. The number of hydrogen-bond donors (Lipinski definition) is 2. The second-order valence-electron chi connectivity index (χ2n) is 9.21. The summed E-state index contributed by atoms with van der Waals surface area (Å²) in [5, 5.41) is 6.65. The van der Waals surface area contributed by atoms with Crippen LogP contribution in [0.5, 0.6) is 11.5 Å². The number of amides is 1. The number of pyridine rings is 1. The van der Waals surface area contributed by atoms with E-state index in [1.807, 2.05) is 17.0 Å². The predicted molar refractivity (Wildman–Crippen MR) is 135 cm³/mol. The molecule has 0 atom stereocenters. The van der Waals surface area contributed by atoms with E-state index < -0.39 is 0 Å². The number of carbonyl (C=O) groups is 1. The molecule has 0 bridgehead atoms. The molecule has 2 N–H and O–H groups in total. The minimum absolute atomic E-state index is 0.158. The number of anilines is 3. The van der Waals surface area contributed by atoms with Gasteiger partial charge in [-0.1, -0.05) is 0 Å². The molecule has 190 valence electrons. The van der Waals surface area contributed by atoms with Gasteiger partial charge >= 0.3 is 0 Å². The Kier molecular flexibility index (Phi) is 8.94. The van der Waals surface area contributed by atoms with Gasteiger partial charge in [-0.05, 0) is 51.1 Å². The Hall–Kier alpha value is -3.14. The smallest absolute Gasteiger partial charge is 0.219 e. The summed E-state index contributed by atoms with van der Waals surface area (Å²) in [5.41, 5.74) is 0. The van der Waals surface area contributed by atoms with Gasteiger partial charge in [0.15, 0.2) is 11.5 Å². The molecule has 0 saturated carbocycles. The van der Waals surface area contributed by atoms with E-state index in [2.05, 4.69) is 30.5 Å². The lowest BCUT2D eigenvalue weighted by Crippen LogP contribution is -2.38. The van der Waals surface area contributed by atoms with Crippen LogP contribution >= 0.6 is 0 Å². The number of hydrogen-bond acceptors (Lipinski definition) is 9. The zero-order chi connectivity index (χ0) is 24.5. The Bertz CT molecular complexity index is 960. The fraction of sp³-hybridized carbons (Fsp3) is 0.600. The van der Waals surface area contributed by atoms with Crippen molar-refractivity contribution >= 4 is 23.4 Å². The average molecular weight is 484 g/mol. The van der Waals surface area contributed by atoms with Crippen molar-refractivity contribution in [3.8, 4) is 11.5 Å². The standard InChI is InChI=1S/C25H37N7O3/c1-19(33)32-11-6-20(7-12-32)16-26-23-15-25(29-18-28-23)30-24-14-21(22(34-2)17-27-24)35-13-5-10-31-8-3-4-9-31/h14-15,17-18,20H,3-13,16H2,1-2H3,(H2,26,27,28,29,30). The highest BCUT2D eigenvalue weighted by atomic mass is 16.5. The highest BCUT2D eigenvalue weighted by Crippen LogP contribution is 2.29. The molecule has 10 heteroatoms. The van der Waals surface area contributed by atoms with Gasteiger partial charge in [0.1, 0.15) is 23.8 Å². The topological polar surface area (TPSA) is 105 Å². The predicted octanol–water partition coefficient (Wildman–Crippen LogP) is 3.16. The van der Waals surface area contributed by atoms with Crippen molar-refractivity contribution in [2.45, 2.75) is 39.0 Å². The van der Waals surface area contributed by atoms with E-state index in [9.17, 15) is 4.79 Å². The fourth-order valence-corrected chi connectivity index (χ4v) is 4.59. The summed E-state index contributed by atoms with van der Waals surface area (Å²) in [6, 6.07) is 3.71. The number of ether oxygens (including phenoxy) is 2. The number of nitrogens with one attached hydrogen (secondary N) is 2. The lowest BCUT2D eigenvalue weighted by molar-refractivity contribution is -0.130. The first-order valence-electron chi connectivity index (χ1n) is 12.6. The molecule has 2 fully saturated rings. The summed E-state index contributed by atoms with van der Waals surface area (Å²) in [5.74, 6) is 3.97. The van der Waals surface area contributed by atoms with Gasteiger partial charge in [-0.3, -0.25) is 4.79 Å². The third-order valence-electron chi connectivity index (χ3n) is 6.68. The van der Waals surface area contributed by atoms with Crippen LogP contribution in [-0.2, 0) is 4.79 Å². The molecule has 0 spiro atoms. The zero-order valence-corrected chi connectivity index (χ0v) is 20.8. The van der Waals surface area contributed by atoms with E-state index in [0.29, 0.717) is 35.7 Å². The molecule has 0 radical (unpaired) electrons. The number of methoxy groups -OCH3 is 1. The quantitative estimate of drug-likeness (QED) is 0.466. The van der Waals surface area contributed by atoms with Crippen LogP contribution in [0.4, 0.5) is 17.5 Å². The Morgan fingerprint density at radius 2 is 1.77 bits per heavy atom. The van der Waals surface area contributed by atoms with E-state index in [0.717, 1.165) is 51.3 Å². The maximum absolute atomic E-state index is 11.5. The molecular weight excluding hydrogens is 446 g/mol. The second kappa shape index (κ2) is 12.5. The first-order chi connectivity index (χ1) is 17.1. The molecule has 2 aromatic rings. The van der Waals surface area contributed by atoms with Crippen LogP contribution in [-0.4, -0.2) is 83.6 Å². The van der Waals surface area contributed by atoms with Crippen molar-refractivity contribution in [1.82, 2.24) is 24.8 Å². The number of piperidine rings is 1. The second-order valence-corrected chi connectivity index (χ2v) is 9.21. The van der Waals surface area contributed by atoms with Crippen LogP contribution in [0.15, 0.2) is 24.7 Å². The average Bonchev–Trinajstić information content (AvgIpc) is 3.40. The number of rotatable bonds is 11. The summed E-state index contributed by atoms with van der Waals surface area (Å²) >= 11 is 0. The first kappa shape index (κ1) is 25.0. The first-order valence-corrected chi connectivity index (χ1v) is 12.6. The minimum atomic E-state index is 0.158.